The molecule has 3 heteroatoms. The first kappa shape index (κ1) is 9.21. The van der Waals surface area contributed by atoms with E-state index in [1.54, 1.807) is 17.4 Å². The van der Waals surface area contributed by atoms with Crippen LogP contribution in [0.4, 0.5) is 4.39 Å². The molecule has 1 heterocycles. The lowest BCUT2D eigenvalue weighted by Gasteiger charge is -2.07. The van der Waals surface area contributed by atoms with Crippen molar-refractivity contribution in [1.29, 1.82) is 0 Å². The van der Waals surface area contributed by atoms with Crippen molar-refractivity contribution in [2.24, 2.45) is 0 Å². The monoisotopic (exact) mass is 208 g/mol. The maximum atomic E-state index is 13.3. The molecule has 1 aromatic carbocycles. The first-order valence-corrected chi connectivity index (χ1v) is 5.12. The summed E-state index contributed by atoms with van der Waals surface area (Å²) in [5, 5.41) is 3.93. The molecular weight excluding hydrogens is 199 g/mol. The Balaban J connectivity index is 2.58. The molecule has 0 saturated heterocycles. The standard InChI is InChI=1S/C11H9FOS/c1-13-11-9(3-2-4-10(11)12)8-5-6-14-7-8/h2-7H,1H3. The highest BCUT2D eigenvalue weighted by Crippen LogP contribution is 2.33. The lowest BCUT2D eigenvalue weighted by Crippen LogP contribution is -1.90. The molecule has 0 atom stereocenters. The zero-order chi connectivity index (χ0) is 9.97. The summed E-state index contributed by atoms with van der Waals surface area (Å²) in [6.07, 6.45) is 0. The number of ether oxygens (including phenoxy) is 1. The van der Waals surface area contributed by atoms with Gasteiger partial charge in [-0.3, -0.25) is 0 Å². The average molecular weight is 208 g/mol. The van der Waals surface area contributed by atoms with E-state index in [4.69, 9.17) is 4.74 Å². The molecule has 0 unspecified atom stereocenters. The minimum Gasteiger partial charge on any atom is -0.493 e. The molecule has 0 bridgehead atoms. The van der Waals surface area contributed by atoms with Crippen LogP contribution in [-0.4, -0.2) is 7.11 Å². The van der Waals surface area contributed by atoms with Gasteiger partial charge in [0.15, 0.2) is 11.6 Å². The summed E-state index contributed by atoms with van der Waals surface area (Å²) in [6, 6.07) is 6.88. The van der Waals surface area contributed by atoms with Crippen molar-refractivity contribution in [3.8, 4) is 16.9 Å². The van der Waals surface area contributed by atoms with Crippen molar-refractivity contribution < 1.29 is 9.13 Å². The van der Waals surface area contributed by atoms with Gasteiger partial charge in [-0.2, -0.15) is 11.3 Å². The smallest absolute Gasteiger partial charge is 0.165 e. The summed E-state index contributed by atoms with van der Waals surface area (Å²) >= 11 is 1.58. The Kier molecular flexibility index (Phi) is 2.50. The molecule has 0 spiro atoms. The van der Waals surface area contributed by atoms with Crippen molar-refractivity contribution in [3.05, 3.63) is 40.8 Å². The predicted octanol–water partition coefficient (Wildman–Crippen LogP) is 3.56. The summed E-state index contributed by atoms with van der Waals surface area (Å²) in [5.74, 6) is -0.0119. The molecule has 0 aliphatic rings. The van der Waals surface area contributed by atoms with Crippen LogP contribution in [0.25, 0.3) is 11.1 Å². The number of para-hydroxylation sites is 1. The van der Waals surface area contributed by atoms with Gasteiger partial charge in [0.1, 0.15) is 0 Å². The maximum absolute atomic E-state index is 13.3. The van der Waals surface area contributed by atoms with E-state index in [1.807, 2.05) is 22.9 Å². The average Bonchev–Trinajstić information content (AvgIpc) is 2.70. The van der Waals surface area contributed by atoms with Crippen LogP contribution in [0.15, 0.2) is 35.0 Å². The van der Waals surface area contributed by atoms with Crippen molar-refractivity contribution in [2.75, 3.05) is 7.11 Å². The van der Waals surface area contributed by atoms with Crippen LogP contribution in [0.1, 0.15) is 0 Å². The van der Waals surface area contributed by atoms with Crippen LogP contribution in [0.2, 0.25) is 0 Å². The van der Waals surface area contributed by atoms with Crippen molar-refractivity contribution in [1.82, 2.24) is 0 Å². The third-order valence-electron chi connectivity index (χ3n) is 2.00. The van der Waals surface area contributed by atoms with Crippen LogP contribution in [0.3, 0.4) is 0 Å². The molecule has 0 saturated carbocycles. The molecule has 1 nitrogen and oxygen atoms in total. The molecule has 0 amide bonds. The van der Waals surface area contributed by atoms with Gasteiger partial charge >= 0.3 is 0 Å². The normalized spacial score (nSPS) is 10.1. The van der Waals surface area contributed by atoms with E-state index in [0.29, 0.717) is 5.75 Å². The second-order valence-corrected chi connectivity index (χ2v) is 3.61. The van der Waals surface area contributed by atoms with Gasteiger partial charge in [-0.05, 0) is 28.5 Å². The highest BCUT2D eigenvalue weighted by atomic mass is 32.1. The van der Waals surface area contributed by atoms with Gasteiger partial charge in [-0.25, -0.2) is 4.39 Å². The topological polar surface area (TPSA) is 9.23 Å². The fourth-order valence-corrected chi connectivity index (χ4v) is 2.02. The Morgan fingerprint density at radius 1 is 1.29 bits per heavy atom. The maximum Gasteiger partial charge on any atom is 0.165 e. The predicted molar refractivity (Wildman–Crippen MR) is 56.3 cm³/mol. The van der Waals surface area contributed by atoms with E-state index >= 15 is 0 Å². The van der Waals surface area contributed by atoms with Gasteiger partial charge in [0.25, 0.3) is 0 Å². The second-order valence-electron chi connectivity index (χ2n) is 2.83. The molecule has 0 aliphatic carbocycles. The highest BCUT2D eigenvalue weighted by molar-refractivity contribution is 7.08. The fourth-order valence-electron chi connectivity index (χ4n) is 1.36. The van der Waals surface area contributed by atoms with E-state index < -0.39 is 0 Å². The fraction of sp³-hybridized carbons (Fsp3) is 0.0909. The summed E-state index contributed by atoms with van der Waals surface area (Å²) < 4.78 is 18.4. The molecule has 72 valence electrons. The Morgan fingerprint density at radius 2 is 2.14 bits per heavy atom. The largest absolute Gasteiger partial charge is 0.493 e. The Labute approximate surface area is 85.8 Å². The minimum atomic E-state index is -0.323. The van der Waals surface area contributed by atoms with Crippen molar-refractivity contribution in [2.45, 2.75) is 0 Å². The molecule has 0 N–H and O–H groups in total. The van der Waals surface area contributed by atoms with Gasteiger partial charge < -0.3 is 4.74 Å². The molecule has 0 aliphatic heterocycles. The lowest BCUT2D eigenvalue weighted by atomic mass is 10.1. The summed E-state index contributed by atoms with van der Waals surface area (Å²) in [7, 11) is 1.48. The molecule has 2 rings (SSSR count). The highest BCUT2D eigenvalue weighted by Gasteiger charge is 2.09. The van der Waals surface area contributed by atoms with Gasteiger partial charge in [-0.1, -0.05) is 12.1 Å². The summed E-state index contributed by atoms with van der Waals surface area (Å²) in [4.78, 5) is 0. The zero-order valence-corrected chi connectivity index (χ0v) is 8.48. The van der Waals surface area contributed by atoms with Gasteiger partial charge in [0, 0.05) is 5.56 Å². The molecule has 2 aromatic rings. The molecule has 0 radical (unpaired) electrons. The van der Waals surface area contributed by atoms with Crippen LogP contribution in [0, 0.1) is 5.82 Å². The number of hydrogen-bond acceptors (Lipinski definition) is 2. The number of methoxy groups -OCH3 is 1. The summed E-state index contributed by atoms with van der Waals surface area (Å²) in [6.45, 7) is 0. The number of thiophene rings is 1. The minimum absolute atomic E-state index is 0.311. The number of hydrogen-bond donors (Lipinski definition) is 0. The quantitative estimate of drug-likeness (QED) is 0.733. The summed E-state index contributed by atoms with van der Waals surface area (Å²) in [5.41, 5.74) is 1.79. The first-order chi connectivity index (χ1) is 6.83. The van der Waals surface area contributed by atoms with Gasteiger partial charge in [-0.15, -0.1) is 0 Å². The number of benzene rings is 1. The van der Waals surface area contributed by atoms with E-state index in [1.165, 1.54) is 13.2 Å². The third-order valence-corrected chi connectivity index (χ3v) is 2.69. The number of rotatable bonds is 2. The Morgan fingerprint density at radius 3 is 2.79 bits per heavy atom. The van der Waals surface area contributed by atoms with E-state index in [9.17, 15) is 4.39 Å². The van der Waals surface area contributed by atoms with Crippen LogP contribution in [0.5, 0.6) is 5.75 Å². The van der Waals surface area contributed by atoms with Crippen LogP contribution >= 0.6 is 11.3 Å². The van der Waals surface area contributed by atoms with Gasteiger partial charge in [0.2, 0.25) is 0 Å². The molecule has 1 aromatic heterocycles. The van der Waals surface area contributed by atoms with E-state index in [-0.39, 0.29) is 5.82 Å². The molecule has 0 fully saturated rings. The van der Waals surface area contributed by atoms with Crippen molar-refractivity contribution in [3.63, 3.8) is 0 Å². The zero-order valence-electron chi connectivity index (χ0n) is 7.66. The van der Waals surface area contributed by atoms with Crippen molar-refractivity contribution >= 4 is 11.3 Å². The first-order valence-electron chi connectivity index (χ1n) is 4.18. The van der Waals surface area contributed by atoms with Crippen LogP contribution < -0.4 is 4.74 Å². The Hall–Kier alpha value is -1.35. The SMILES string of the molecule is COc1c(F)cccc1-c1ccsc1. The Bertz CT molecular complexity index is 423. The third kappa shape index (κ3) is 1.51. The number of halogens is 1. The lowest BCUT2D eigenvalue weighted by molar-refractivity contribution is 0.388. The van der Waals surface area contributed by atoms with Gasteiger partial charge in [0.05, 0.1) is 7.11 Å². The molecular formula is C11H9FOS. The second kappa shape index (κ2) is 3.80. The van der Waals surface area contributed by atoms with E-state index in [2.05, 4.69) is 0 Å². The van der Waals surface area contributed by atoms with Crippen LogP contribution in [-0.2, 0) is 0 Å². The molecule has 14 heavy (non-hydrogen) atoms. The van der Waals surface area contributed by atoms with E-state index in [0.717, 1.165) is 11.1 Å².